The van der Waals surface area contributed by atoms with Crippen molar-refractivity contribution in [1.82, 2.24) is 5.32 Å². The van der Waals surface area contributed by atoms with Crippen molar-refractivity contribution in [2.24, 2.45) is 0 Å². The molecule has 0 aromatic heterocycles. The van der Waals surface area contributed by atoms with Gasteiger partial charge in [0.1, 0.15) is 0 Å². The Balaban J connectivity index is 3.09. The van der Waals surface area contributed by atoms with Crippen molar-refractivity contribution in [3.8, 4) is 0 Å². The van der Waals surface area contributed by atoms with Crippen LogP contribution >= 0.6 is 0 Å². The highest BCUT2D eigenvalue weighted by atomic mass is 19.4. The summed E-state index contributed by atoms with van der Waals surface area (Å²) in [5, 5.41) is 11.9. The normalized spacial score (nSPS) is 15.0. The number of amides is 1. The van der Waals surface area contributed by atoms with E-state index in [1.165, 1.54) is 26.0 Å². The monoisotopic (exact) mass is 261 g/mol. The van der Waals surface area contributed by atoms with Crippen molar-refractivity contribution in [1.29, 1.82) is 0 Å². The highest BCUT2D eigenvalue weighted by Gasteiger charge is 2.31. The molecule has 0 bridgehead atoms. The Hall–Kier alpha value is -1.56. The summed E-state index contributed by atoms with van der Waals surface area (Å²) in [6.07, 6.45) is -5.44. The van der Waals surface area contributed by atoms with Gasteiger partial charge in [0.25, 0.3) is 0 Å². The van der Waals surface area contributed by atoms with E-state index in [1.807, 2.05) is 0 Å². The predicted molar refractivity (Wildman–Crippen MR) is 59.7 cm³/mol. The third kappa shape index (κ3) is 3.73. The molecule has 0 saturated carbocycles. The first-order chi connectivity index (χ1) is 8.21. The maximum atomic E-state index is 12.5. The Kier molecular flexibility index (Phi) is 4.34. The van der Waals surface area contributed by atoms with E-state index in [0.717, 1.165) is 12.1 Å². The fraction of sp³-hybridized carbons (Fsp3) is 0.417. The van der Waals surface area contributed by atoms with Crippen LogP contribution in [-0.4, -0.2) is 17.1 Å². The molecule has 0 heterocycles. The summed E-state index contributed by atoms with van der Waals surface area (Å²) in [4.78, 5) is 11.0. The first-order valence-corrected chi connectivity index (χ1v) is 5.34. The molecule has 0 aliphatic carbocycles. The lowest BCUT2D eigenvalue weighted by molar-refractivity contribution is -0.137. The van der Waals surface area contributed by atoms with Gasteiger partial charge in [-0.3, -0.25) is 4.79 Å². The van der Waals surface area contributed by atoms with Crippen LogP contribution in [-0.2, 0) is 11.0 Å². The number of hydrogen-bond donors (Lipinski definition) is 2. The summed E-state index contributed by atoms with van der Waals surface area (Å²) in [6.45, 7) is 2.64. The zero-order valence-electron chi connectivity index (χ0n) is 9.95. The molecule has 0 aliphatic heterocycles. The van der Waals surface area contributed by atoms with Gasteiger partial charge in [-0.2, -0.15) is 13.2 Å². The number of rotatable bonds is 3. The van der Waals surface area contributed by atoms with E-state index in [4.69, 9.17) is 0 Å². The van der Waals surface area contributed by atoms with Crippen molar-refractivity contribution in [2.75, 3.05) is 0 Å². The van der Waals surface area contributed by atoms with E-state index < -0.39 is 29.8 Å². The summed E-state index contributed by atoms with van der Waals surface area (Å²) in [6, 6.07) is 3.69. The molecule has 6 heteroatoms. The SMILES string of the molecule is CC(=O)N[C@@H](c1cccc(C(F)(F)F)c1)[C@H](C)O. The fourth-order valence-corrected chi connectivity index (χ4v) is 1.61. The largest absolute Gasteiger partial charge is 0.416 e. The standard InChI is InChI=1S/C12H14F3NO2/c1-7(17)11(16-8(2)18)9-4-3-5-10(6-9)12(13,14)15/h3-7,11,17H,1-2H3,(H,16,18)/t7-,11+/m0/s1. The van der Waals surface area contributed by atoms with Gasteiger partial charge in [0.2, 0.25) is 5.91 Å². The van der Waals surface area contributed by atoms with Crippen molar-refractivity contribution < 1.29 is 23.1 Å². The van der Waals surface area contributed by atoms with Crippen molar-refractivity contribution in [3.63, 3.8) is 0 Å². The van der Waals surface area contributed by atoms with Crippen LogP contribution in [0.5, 0.6) is 0 Å². The molecule has 0 fully saturated rings. The van der Waals surface area contributed by atoms with Crippen LogP contribution in [0.2, 0.25) is 0 Å². The Morgan fingerprint density at radius 3 is 2.44 bits per heavy atom. The summed E-state index contributed by atoms with van der Waals surface area (Å²) >= 11 is 0. The predicted octanol–water partition coefficient (Wildman–Crippen LogP) is 2.26. The van der Waals surface area contributed by atoms with Gasteiger partial charge in [-0.25, -0.2) is 0 Å². The minimum absolute atomic E-state index is 0.218. The van der Waals surface area contributed by atoms with Gasteiger partial charge in [0.15, 0.2) is 0 Å². The Bertz CT molecular complexity index is 430. The average Bonchev–Trinajstić information content (AvgIpc) is 2.24. The smallest absolute Gasteiger partial charge is 0.391 e. The second-order valence-electron chi connectivity index (χ2n) is 4.04. The molecular weight excluding hydrogens is 247 g/mol. The van der Waals surface area contributed by atoms with E-state index >= 15 is 0 Å². The van der Waals surface area contributed by atoms with Crippen LogP contribution in [0.25, 0.3) is 0 Å². The minimum atomic E-state index is -4.45. The van der Waals surface area contributed by atoms with Gasteiger partial charge < -0.3 is 10.4 Å². The quantitative estimate of drug-likeness (QED) is 0.876. The van der Waals surface area contributed by atoms with Gasteiger partial charge in [0.05, 0.1) is 17.7 Å². The molecule has 1 aromatic rings. The third-order valence-electron chi connectivity index (χ3n) is 2.41. The zero-order chi connectivity index (χ0) is 13.9. The first kappa shape index (κ1) is 14.5. The van der Waals surface area contributed by atoms with Crippen LogP contribution in [0.3, 0.4) is 0 Å². The zero-order valence-corrected chi connectivity index (χ0v) is 9.95. The van der Waals surface area contributed by atoms with Crippen LogP contribution in [0.15, 0.2) is 24.3 Å². The summed E-state index contributed by atoms with van der Waals surface area (Å²) in [5.41, 5.74) is -0.592. The lowest BCUT2D eigenvalue weighted by Gasteiger charge is -2.22. The maximum absolute atomic E-state index is 12.5. The van der Waals surface area contributed by atoms with Crippen LogP contribution in [0.4, 0.5) is 13.2 Å². The number of benzene rings is 1. The molecule has 1 aromatic carbocycles. The Morgan fingerprint density at radius 1 is 1.39 bits per heavy atom. The molecule has 2 N–H and O–H groups in total. The molecule has 3 nitrogen and oxygen atoms in total. The highest BCUT2D eigenvalue weighted by molar-refractivity contribution is 5.73. The molecule has 0 unspecified atom stereocenters. The number of halogens is 3. The Morgan fingerprint density at radius 2 is 2.00 bits per heavy atom. The summed E-state index contributed by atoms with van der Waals surface area (Å²) in [5.74, 6) is -0.418. The molecule has 100 valence electrons. The van der Waals surface area contributed by atoms with Crippen LogP contribution in [0, 0.1) is 0 Å². The third-order valence-corrected chi connectivity index (χ3v) is 2.41. The second-order valence-corrected chi connectivity index (χ2v) is 4.04. The van der Waals surface area contributed by atoms with Crippen LogP contribution in [0.1, 0.15) is 31.0 Å². The molecule has 0 saturated heterocycles. The number of carbonyl (C=O) groups excluding carboxylic acids is 1. The highest BCUT2D eigenvalue weighted by Crippen LogP contribution is 2.31. The number of nitrogens with one attached hydrogen (secondary N) is 1. The number of aliphatic hydroxyl groups is 1. The molecule has 0 aliphatic rings. The van der Waals surface area contributed by atoms with Crippen molar-refractivity contribution in [3.05, 3.63) is 35.4 Å². The lowest BCUT2D eigenvalue weighted by atomic mass is 10.00. The number of alkyl halides is 3. The van der Waals surface area contributed by atoms with E-state index in [1.54, 1.807) is 0 Å². The summed E-state index contributed by atoms with van der Waals surface area (Å²) in [7, 11) is 0. The molecule has 1 rings (SSSR count). The fourth-order valence-electron chi connectivity index (χ4n) is 1.61. The van der Waals surface area contributed by atoms with Crippen molar-refractivity contribution >= 4 is 5.91 Å². The molecule has 1 amide bonds. The van der Waals surface area contributed by atoms with E-state index in [9.17, 15) is 23.1 Å². The Labute approximate surface area is 103 Å². The molecule has 0 spiro atoms. The molecular formula is C12H14F3NO2. The van der Waals surface area contributed by atoms with Crippen LogP contribution < -0.4 is 5.32 Å². The first-order valence-electron chi connectivity index (χ1n) is 5.34. The second kappa shape index (κ2) is 5.39. The van der Waals surface area contributed by atoms with Gasteiger partial charge in [0, 0.05) is 6.92 Å². The molecule has 0 radical (unpaired) electrons. The number of aliphatic hydroxyl groups excluding tert-OH is 1. The molecule has 2 atom stereocenters. The number of carbonyl (C=O) groups is 1. The van der Waals surface area contributed by atoms with Gasteiger partial charge in [-0.1, -0.05) is 12.1 Å². The average molecular weight is 261 g/mol. The van der Waals surface area contributed by atoms with Gasteiger partial charge >= 0.3 is 6.18 Å². The lowest BCUT2D eigenvalue weighted by Crippen LogP contribution is -2.33. The maximum Gasteiger partial charge on any atom is 0.416 e. The van der Waals surface area contributed by atoms with E-state index in [2.05, 4.69) is 5.32 Å². The van der Waals surface area contributed by atoms with Gasteiger partial charge in [-0.05, 0) is 24.6 Å². The minimum Gasteiger partial charge on any atom is -0.391 e. The van der Waals surface area contributed by atoms with Gasteiger partial charge in [-0.15, -0.1) is 0 Å². The van der Waals surface area contributed by atoms with E-state index in [0.29, 0.717) is 0 Å². The number of hydrogen-bond acceptors (Lipinski definition) is 2. The van der Waals surface area contributed by atoms with Crippen molar-refractivity contribution in [2.45, 2.75) is 32.2 Å². The summed E-state index contributed by atoms with van der Waals surface area (Å²) < 4.78 is 37.6. The molecule has 18 heavy (non-hydrogen) atoms. The topological polar surface area (TPSA) is 49.3 Å². The van der Waals surface area contributed by atoms with E-state index in [-0.39, 0.29) is 5.56 Å².